The van der Waals surface area contributed by atoms with Gasteiger partial charge in [-0.1, -0.05) is 0 Å². The molecule has 3 heterocycles. The Labute approximate surface area is 141 Å². The van der Waals surface area contributed by atoms with Crippen molar-refractivity contribution in [1.29, 1.82) is 0 Å². The molecule has 0 bridgehead atoms. The maximum absolute atomic E-state index is 12.6. The summed E-state index contributed by atoms with van der Waals surface area (Å²) in [7, 11) is 0. The van der Waals surface area contributed by atoms with Gasteiger partial charge in [0.2, 0.25) is 11.6 Å². The molecule has 124 valence electrons. The third kappa shape index (κ3) is 2.50. The van der Waals surface area contributed by atoms with Crippen LogP contribution in [0.4, 0.5) is 0 Å². The van der Waals surface area contributed by atoms with Crippen LogP contribution in [0.15, 0.2) is 4.79 Å². The first-order valence-corrected chi connectivity index (χ1v) is 9.76. The first kappa shape index (κ1) is 15.2. The predicted molar refractivity (Wildman–Crippen MR) is 87.7 cm³/mol. The summed E-state index contributed by atoms with van der Waals surface area (Å²) < 4.78 is 6.21. The molecule has 2 saturated heterocycles. The Morgan fingerprint density at radius 1 is 1.39 bits per heavy atom. The highest BCUT2D eigenvalue weighted by molar-refractivity contribution is 8.00. The van der Waals surface area contributed by atoms with Crippen molar-refractivity contribution in [3.8, 4) is 0 Å². The van der Waals surface area contributed by atoms with E-state index in [1.54, 1.807) is 0 Å². The topological polar surface area (TPSA) is 95.2 Å². The van der Waals surface area contributed by atoms with Crippen LogP contribution in [0, 0.1) is 11.8 Å². The monoisotopic (exact) mass is 354 g/mol. The maximum atomic E-state index is 12.6. The summed E-state index contributed by atoms with van der Waals surface area (Å²) in [5.41, 5.74) is -0.560. The van der Waals surface area contributed by atoms with Gasteiger partial charge in [-0.2, -0.15) is 16.1 Å². The van der Waals surface area contributed by atoms with Gasteiger partial charge in [0.25, 0.3) is 11.5 Å². The smallest absolute Gasteiger partial charge is 0.291 e. The second-order valence-electron chi connectivity index (χ2n) is 6.49. The van der Waals surface area contributed by atoms with Crippen molar-refractivity contribution in [2.24, 2.45) is 11.8 Å². The molecule has 3 fully saturated rings. The lowest BCUT2D eigenvalue weighted by molar-refractivity contribution is -0.136. The van der Waals surface area contributed by atoms with Gasteiger partial charge < -0.3 is 10.2 Å². The third-order valence-corrected chi connectivity index (χ3v) is 7.06. The number of carbonyl (C=O) groups excluding carboxylic acids is 2. The molecule has 9 heteroatoms. The van der Waals surface area contributed by atoms with Crippen LogP contribution in [0.3, 0.4) is 0 Å². The molecule has 0 radical (unpaired) electrons. The van der Waals surface area contributed by atoms with Gasteiger partial charge in [0.15, 0.2) is 0 Å². The number of rotatable bonds is 4. The number of aromatic nitrogens is 2. The Kier molecular flexibility index (Phi) is 3.72. The predicted octanol–water partition coefficient (Wildman–Crippen LogP) is 0.305. The Balaban J connectivity index is 1.39. The fourth-order valence-electron chi connectivity index (χ4n) is 3.67. The van der Waals surface area contributed by atoms with Crippen molar-refractivity contribution >= 4 is 35.3 Å². The van der Waals surface area contributed by atoms with Crippen LogP contribution in [-0.4, -0.2) is 55.6 Å². The summed E-state index contributed by atoms with van der Waals surface area (Å²) in [6.07, 6.45) is 2.96. The molecule has 1 aromatic rings. The maximum Gasteiger partial charge on any atom is 0.291 e. The molecule has 2 aliphatic heterocycles. The van der Waals surface area contributed by atoms with Crippen molar-refractivity contribution in [2.45, 2.75) is 24.8 Å². The van der Waals surface area contributed by atoms with Gasteiger partial charge in [0.1, 0.15) is 0 Å². The Hall–Kier alpha value is -1.35. The molecule has 1 spiro atoms. The van der Waals surface area contributed by atoms with Crippen molar-refractivity contribution < 1.29 is 9.59 Å². The molecule has 2 amide bonds. The van der Waals surface area contributed by atoms with E-state index in [4.69, 9.17) is 0 Å². The van der Waals surface area contributed by atoms with Crippen LogP contribution in [0.25, 0.3) is 0 Å². The first-order chi connectivity index (χ1) is 11.1. The van der Waals surface area contributed by atoms with Gasteiger partial charge in [0, 0.05) is 47.8 Å². The largest absolute Gasteiger partial charge is 0.350 e. The van der Waals surface area contributed by atoms with Crippen LogP contribution in [0.1, 0.15) is 29.8 Å². The minimum Gasteiger partial charge on any atom is -0.350 e. The van der Waals surface area contributed by atoms with E-state index in [0.29, 0.717) is 12.5 Å². The summed E-state index contributed by atoms with van der Waals surface area (Å²) in [4.78, 5) is 38.1. The molecule has 1 aromatic heterocycles. The molecule has 0 aromatic carbocycles. The van der Waals surface area contributed by atoms with E-state index in [1.807, 2.05) is 11.8 Å². The van der Waals surface area contributed by atoms with Crippen LogP contribution in [0.2, 0.25) is 0 Å². The summed E-state index contributed by atoms with van der Waals surface area (Å²) in [6, 6.07) is 0. The molecule has 1 atom stereocenters. The van der Waals surface area contributed by atoms with Crippen LogP contribution >= 0.6 is 23.5 Å². The number of likely N-dealkylation sites (tertiary alicyclic amines) is 1. The summed E-state index contributed by atoms with van der Waals surface area (Å²) in [5, 5.41) is 2.82. The van der Waals surface area contributed by atoms with Gasteiger partial charge >= 0.3 is 0 Å². The molecule has 1 unspecified atom stereocenters. The van der Waals surface area contributed by atoms with Crippen molar-refractivity contribution in [2.75, 3.05) is 24.6 Å². The highest BCUT2D eigenvalue weighted by Gasteiger charge is 2.59. The molecule has 7 nitrogen and oxygen atoms in total. The lowest BCUT2D eigenvalue weighted by Crippen LogP contribution is -2.48. The van der Waals surface area contributed by atoms with Crippen LogP contribution in [-0.2, 0) is 4.79 Å². The van der Waals surface area contributed by atoms with E-state index in [1.165, 1.54) is 0 Å². The van der Waals surface area contributed by atoms with Crippen molar-refractivity contribution in [3.05, 3.63) is 16.0 Å². The summed E-state index contributed by atoms with van der Waals surface area (Å²) in [5.74, 6) is 2.23. The highest BCUT2D eigenvalue weighted by atomic mass is 32.2. The van der Waals surface area contributed by atoms with E-state index in [9.17, 15) is 14.4 Å². The van der Waals surface area contributed by atoms with Gasteiger partial charge in [-0.05, 0) is 19.3 Å². The highest BCUT2D eigenvalue weighted by Crippen LogP contribution is 2.54. The molecular formula is C14H18N4O3S2. The Bertz CT molecular complexity index is 692. The van der Waals surface area contributed by atoms with E-state index >= 15 is 0 Å². The molecule has 2 N–H and O–H groups in total. The van der Waals surface area contributed by atoms with E-state index in [2.05, 4.69) is 19.0 Å². The zero-order valence-corrected chi connectivity index (χ0v) is 14.2. The number of carbonyl (C=O) groups is 2. The molecule has 3 aliphatic rings. The minimum atomic E-state index is -0.445. The number of aromatic amines is 1. The number of hydrogen-bond donors (Lipinski definition) is 2. The number of amides is 2. The zero-order chi connectivity index (χ0) is 16.0. The molecule has 1 aliphatic carbocycles. The fraction of sp³-hybridized carbons (Fsp3) is 0.714. The Morgan fingerprint density at radius 2 is 2.17 bits per heavy atom. The van der Waals surface area contributed by atoms with E-state index < -0.39 is 11.5 Å². The standard InChI is InChI=1S/C14H18N4O3S2/c19-11(10-12(20)17-23-16-10)15-5-9-1-4-18(14(9)2-3-14)13(21)8-6-22-7-8/h8-9H,1-7H2,(H,15,19)(H,17,20). The van der Waals surface area contributed by atoms with Crippen LogP contribution in [0.5, 0.6) is 0 Å². The number of nitrogens with one attached hydrogen (secondary N) is 2. The molecule has 1 saturated carbocycles. The lowest BCUT2D eigenvalue weighted by atomic mass is 9.97. The third-order valence-electron chi connectivity index (χ3n) is 5.23. The number of nitrogens with zero attached hydrogens (tertiary/aromatic N) is 2. The second kappa shape index (κ2) is 5.62. The summed E-state index contributed by atoms with van der Waals surface area (Å²) >= 11 is 2.70. The van der Waals surface area contributed by atoms with Gasteiger partial charge in [-0.25, -0.2) is 0 Å². The number of H-pyrrole nitrogens is 1. The van der Waals surface area contributed by atoms with Gasteiger partial charge in [-0.3, -0.25) is 18.8 Å². The van der Waals surface area contributed by atoms with E-state index in [0.717, 1.165) is 49.0 Å². The van der Waals surface area contributed by atoms with Gasteiger partial charge in [0.05, 0.1) is 5.92 Å². The Morgan fingerprint density at radius 3 is 2.74 bits per heavy atom. The fourth-order valence-corrected chi connectivity index (χ4v) is 4.91. The molecule has 23 heavy (non-hydrogen) atoms. The van der Waals surface area contributed by atoms with E-state index in [-0.39, 0.29) is 23.1 Å². The zero-order valence-electron chi connectivity index (χ0n) is 12.5. The molecular weight excluding hydrogens is 336 g/mol. The number of thioether (sulfide) groups is 1. The van der Waals surface area contributed by atoms with Crippen LogP contribution < -0.4 is 10.9 Å². The van der Waals surface area contributed by atoms with Gasteiger partial charge in [-0.15, -0.1) is 0 Å². The number of hydrogen-bond acceptors (Lipinski definition) is 6. The first-order valence-electron chi connectivity index (χ1n) is 7.83. The second-order valence-corrected chi connectivity index (χ2v) is 8.13. The summed E-state index contributed by atoms with van der Waals surface area (Å²) in [6.45, 7) is 1.29. The average molecular weight is 354 g/mol. The SMILES string of the molecule is O=C(NCC1CCN(C(=O)C2CSC2)C12CC2)c1ns[nH]c1=O. The quantitative estimate of drug-likeness (QED) is 0.811. The van der Waals surface area contributed by atoms with Crippen molar-refractivity contribution in [1.82, 2.24) is 19.0 Å². The minimum absolute atomic E-state index is 0.0425. The van der Waals surface area contributed by atoms with Crippen molar-refractivity contribution in [3.63, 3.8) is 0 Å². The average Bonchev–Trinajstić information content (AvgIpc) is 2.99. The lowest BCUT2D eigenvalue weighted by Gasteiger charge is -2.34. The molecule has 4 rings (SSSR count). The normalized spacial score (nSPS) is 25.4.